The SMILES string of the molecule is O=C(c1nccn2ccnc12)N1CCN([C@@H]2C[C@@H]3CC[C@@H]2C3)CC1. The van der Waals surface area contributed by atoms with E-state index in [0.29, 0.717) is 11.3 Å². The van der Waals surface area contributed by atoms with Crippen molar-refractivity contribution in [2.24, 2.45) is 11.8 Å². The number of rotatable bonds is 2. The lowest BCUT2D eigenvalue weighted by Crippen LogP contribution is -2.53. The number of carbonyl (C=O) groups excluding carboxylic acids is 1. The van der Waals surface area contributed by atoms with Crippen molar-refractivity contribution >= 4 is 11.6 Å². The maximum Gasteiger partial charge on any atom is 0.276 e. The Morgan fingerprint density at radius 3 is 2.50 bits per heavy atom. The summed E-state index contributed by atoms with van der Waals surface area (Å²) in [6, 6.07) is 0.773. The van der Waals surface area contributed by atoms with Gasteiger partial charge >= 0.3 is 0 Å². The molecule has 1 saturated heterocycles. The number of carbonyl (C=O) groups is 1. The van der Waals surface area contributed by atoms with Gasteiger partial charge in [-0.25, -0.2) is 9.97 Å². The zero-order valence-electron chi connectivity index (χ0n) is 13.8. The number of hydrogen-bond acceptors (Lipinski definition) is 4. The number of fused-ring (bicyclic) bond motifs is 3. The largest absolute Gasteiger partial charge is 0.335 e. The molecule has 126 valence electrons. The summed E-state index contributed by atoms with van der Waals surface area (Å²) in [5.41, 5.74) is 1.12. The summed E-state index contributed by atoms with van der Waals surface area (Å²) < 4.78 is 1.85. The lowest BCUT2D eigenvalue weighted by atomic mass is 9.93. The Labute approximate surface area is 141 Å². The molecule has 6 heteroatoms. The molecule has 2 saturated carbocycles. The Bertz CT molecular complexity index is 764. The minimum absolute atomic E-state index is 0.0133. The van der Waals surface area contributed by atoms with Crippen LogP contribution in [0.1, 0.15) is 36.2 Å². The molecule has 3 fully saturated rings. The van der Waals surface area contributed by atoms with Gasteiger partial charge in [0.25, 0.3) is 5.91 Å². The lowest BCUT2D eigenvalue weighted by Gasteiger charge is -2.40. The fraction of sp³-hybridized carbons (Fsp3) is 0.611. The molecule has 1 amide bonds. The third kappa shape index (κ3) is 2.24. The maximum absolute atomic E-state index is 12.9. The minimum atomic E-state index is 0.0133. The van der Waals surface area contributed by atoms with Gasteiger partial charge in [0.1, 0.15) is 0 Å². The van der Waals surface area contributed by atoms with Crippen LogP contribution in [0.3, 0.4) is 0 Å². The highest BCUT2D eigenvalue weighted by Crippen LogP contribution is 2.46. The molecular formula is C18H23N5O. The molecule has 5 rings (SSSR count). The van der Waals surface area contributed by atoms with Crippen molar-refractivity contribution in [2.45, 2.75) is 31.7 Å². The van der Waals surface area contributed by atoms with Crippen molar-refractivity contribution < 1.29 is 4.79 Å². The Balaban J connectivity index is 1.28. The highest BCUT2D eigenvalue weighted by Gasteiger charge is 2.43. The molecule has 6 nitrogen and oxygen atoms in total. The molecule has 0 unspecified atom stereocenters. The summed E-state index contributed by atoms with van der Waals surface area (Å²) >= 11 is 0. The summed E-state index contributed by atoms with van der Waals surface area (Å²) in [5.74, 6) is 1.90. The fourth-order valence-corrected chi connectivity index (χ4v) is 5.07. The number of nitrogens with zero attached hydrogens (tertiary/aromatic N) is 5. The first-order valence-electron chi connectivity index (χ1n) is 9.10. The van der Waals surface area contributed by atoms with Crippen LogP contribution in [0.5, 0.6) is 0 Å². The van der Waals surface area contributed by atoms with E-state index in [1.54, 1.807) is 12.4 Å². The smallest absolute Gasteiger partial charge is 0.276 e. The summed E-state index contributed by atoms with van der Waals surface area (Å²) in [5, 5.41) is 0. The summed E-state index contributed by atoms with van der Waals surface area (Å²) in [6.07, 6.45) is 12.7. The second-order valence-electron chi connectivity index (χ2n) is 7.50. The van der Waals surface area contributed by atoms with E-state index in [2.05, 4.69) is 14.9 Å². The first-order valence-corrected chi connectivity index (χ1v) is 9.10. The van der Waals surface area contributed by atoms with Crippen LogP contribution in [0.2, 0.25) is 0 Å². The molecule has 0 aromatic carbocycles. The van der Waals surface area contributed by atoms with E-state index in [0.717, 1.165) is 44.1 Å². The molecule has 2 aromatic heterocycles. The maximum atomic E-state index is 12.9. The molecule has 3 aliphatic rings. The molecule has 0 spiro atoms. The Morgan fingerprint density at radius 2 is 1.79 bits per heavy atom. The molecule has 0 radical (unpaired) electrons. The van der Waals surface area contributed by atoms with Crippen molar-refractivity contribution in [3.63, 3.8) is 0 Å². The van der Waals surface area contributed by atoms with Crippen LogP contribution in [0.4, 0.5) is 0 Å². The Kier molecular flexibility index (Phi) is 3.33. The monoisotopic (exact) mass is 325 g/mol. The summed E-state index contributed by atoms with van der Waals surface area (Å²) in [7, 11) is 0. The van der Waals surface area contributed by atoms with Gasteiger partial charge in [0.05, 0.1) is 0 Å². The predicted octanol–water partition coefficient (Wildman–Crippen LogP) is 1.68. The third-order valence-corrected chi connectivity index (χ3v) is 6.29. The van der Waals surface area contributed by atoms with Crippen LogP contribution in [-0.2, 0) is 0 Å². The van der Waals surface area contributed by atoms with E-state index in [4.69, 9.17) is 0 Å². The lowest BCUT2D eigenvalue weighted by molar-refractivity contribution is 0.0492. The van der Waals surface area contributed by atoms with E-state index in [-0.39, 0.29) is 5.91 Å². The second-order valence-corrected chi connectivity index (χ2v) is 7.50. The van der Waals surface area contributed by atoms with Crippen molar-refractivity contribution in [2.75, 3.05) is 26.2 Å². The zero-order chi connectivity index (χ0) is 16.1. The van der Waals surface area contributed by atoms with Gasteiger partial charge in [-0.1, -0.05) is 6.42 Å². The van der Waals surface area contributed by atoms with Crippen LogP contribution in [0.15, 0.2) is 24.8 Å². The highest BCUT2D eigenvalue weighted by molar-refractivity contribution is 5.97. The molecule has 1 aliphatic heterocycles. The topological polar surface area (TPSA) is 53.7 Å². The Hall–Kier alpha value is -1.95. The van der Waals surface area contributed by atoms with Gasteiger partial charge in [0, 0.05) is 57.0 Å². The molecule has 2 aromatic rings. The second kappa shape index (κ2) is 5.55. The fourth-order valence-electron chi connectivity index (χ4n) is 5.07. The number of imidazole rings is 1. The van der Waals surface area contributed by atoms with Crippen molar-refractivity contribution in [1.82, 2.24) is 24.2 Å². The van der Waals surface area contributed by atoms with Crippen LogP contribution < -0.4 is 0 Å². The van der Waals surface area contributed by atoms with E-state index in [1.165, 1.54) is 25.7 Å². The normalized spacial score (nSPS) is 30.3. The van der Waals surface area contributed by atoms with E-state index in [9.17, 15) is 4.79 Å². The van der Waals surface area contributed by atoms with Crippen molar-refractivity contribution in [3.8, 4) is 0 Å². The quantitative estimate of drug-likeness (QED) is 0.843. The highest BCUT2D eigenvalue weighted by atomic mass is 16.2. The first kappa shape index (κ1) is 14.4. The molecule has 3 heterocycles. The molecule has 3 atom stereocenters. The number of hydrogen-bond donors (Lipinski definition) is 0. The average Bonchev–Trinajstić information content (AvgIpc) is 3.36. The summed E-state index contributed by atoms with van der Waals surface area (Å²) in [6.45, 7) is 3.60. The van der Waals surface area contributed by atoms with Gasteiger partial charge in [-0.2, -0.15) is 0 Å². The van der Waals surface area contributed by atoms with Gasteiger partial charge in [-0.15, -0.1) is 0 Å². The molecular weight excluding hydrogens is 302 g/mol. The van der Waals surface area contributed by atoms with Gasteiger partial charge in [-0.05, 0) is 31.1 Å². The average molecular weight is 325 g/mol. The van der Waals surface area contributed by atoms with E-state index < -0.39 is 0 Å². The summed E-state index contributed by atoms with van der Waals surface area (Å²) in [4.78, 5) is 26.0. The van der Waals surface area contributed by atoms with Crippen LogP contribution in [-0.4, -0.2) is 62.3 Å². The molecule has 2 bridgehead atoms. The molecule has 0 N–H and O–H groups in total. The van der Waals surface area contributed by atoms with Gasteiger partial charge in [0.2, 0.25) is 0 Å². The van der Waals surface area contributed by atoms with Crippen LogP contribution in [0.25, 0.3) is 5.65 Å². The Morgan fingerprint density at radius 1 is 1.00 bits per heavy atom. The van der Waals surface area contributed by atoms with E-state index in [1.807, 2.05) is 21.7 Å². The van der Waals surface area contributed by atoms with Gasteiger partial charge in [0.15, 0.2) is 11.3 Å². The zero-order valence-corrected chi connectivity index (χ0v) is 13.8. The standard InChI is InChI=1S/C18H23N5O/c24-18(16-17-20-4-6-22(17)5-3-19-16)23-9-7-21(8-10-23)15-12-13-1-2-14(15)11-13/h3-6,13-15H,1-2,7-12H2/t13-,14-,15-/m1/s1. The number of aromatic nitrogens is 3. The van der Waals surface area contributed by atoms with Crippen LogP contribution >= 0.6 is 0 Å². The van der Waals surface area contributed by atoms with Crippen molar-refractivity contribution in [1.29, 1.82) is 0 Å². The third-order valence-electron chi connectivity index (χ3n) is 6.29. The minimum Gasteiger partial charge on any atom is -0.335 e. The van der Waals surface area contributed by atoms with Gasteiger partial charge in [-0.3, -0.25) is 9.69 Å². The van der Waals surface area contributed by atoms with E-state index >= 15 is 0 Å². The van der Waals surface area contributed by atoms with Crippen LogP contribution in [0, 0.1) is 11.8 Å². The van der Waals surface area contributed by atoms with Crippen molar-refractivity contribution in [3.05, 3.63) is 30.5 Å². The van der Waals surface area contributed by atoms with Gasteiger partial charge < -0.3 is 9.30 Å². The predicted molar refractivity (Wildman–Crippen MR) is 89.7 cm³/mol. The first-order chi connectivity index (χ1) is 11.8. The molecule has 2 aliphatic carbocycles. The molecule has 24 heavy (non-hydrogen) atoms. The number of amides is 1. The number of piperazine rings is 1.